The number of aromatic nitrogens is 1. The Balaban J connectivity index is 2.10. The largest absolute Gasteiger partial charge is 0.444 e. The summed E-state index contributed by atoms with van der Waals surface area (Å²) in [5, 5.41) is 24.8. The van der Waals surface area contributed by atoms with Crippen LogP contribution in [-0.2, 0) is 9.53 Å². The van der Waals surface area contributed by atoms with Crippen molar-refractivity contribution in [3.8, 4) is 23.3 Å². The molecule has 2 aromatic rings. The zero-order valence-corrected chi connectivity index (χ0v) is 19.2. The highest BCUT2D eigenvalue weighted by Crippen LogP contribution is 2.34. The van der Waals surface area contributed by atoms with Gasteiger partial charge in [-0.15, -0.1) is 0 Å². The van der Waals surface area contributed by atoms with Crippen LogP contribution >= 0.6 is 0 Å². The predicted octanol–water partition coefficient (Wildman–Crippen LogP) is 4.82. The summed E-state index contributed by atoms with van der Waals surface area (Å²) in [6, 6.07) is 10.4. The van der Waals surface area contributed by atoms with E-state index in [1.165, 1.54) is 6.07 Å². The van der Waals surface area contributed by atoms with Crippen molar-refractivity contribution < 1.29 is 14.3 Å². The minimum atomic E-state index is -0.636. The Labute approximate surface area is 193 Å². The van der Waals surface area contributed by atoms with E-state index in [1.807, 2.05) is 25.1 Å². The molecule has 2 N–H and O–H groups in total. The SMILES string of the molecule is CC1CCCC(NC(=O)OC(C)(C)C)c2cc(ccn2)-c2cc(C#N)c(C#N)cc2NC1=O. The number of pyridine rings is 1. The molecule has 2 atom stereocenters. The number of nitrogens with zero attached hydrogens (tertiary/aromatic N) is 3. The standard InChI is InChI=1S/C25H27N5O3/c1-15-6-5-7-20(30-24(32)33-25(2,3)4)22-11-16(8-9-28-22)19-10-17(13-26)18(14-27)12-21(19)29-23(15)31/h8-12,15,20H,5-7H2,1-4H3,(H,29,31)(H,30,32). The number of carbonyl (C=O) groups excluding carboxylic acids is 2. The Morgan fingerprint density at radius 2 is 1.88 bits per heavy atom. The molecule has 1 aliphatic heterocycles. The quantitative estimate of drug-likeness (QED) is 0.648. The van der Waals surface area contributed by atoms with Crippen molar-refractivity contribution in [2.24, 2.45) is 5.92 Å². The van der Waals surface area contributed by atoms with E-state index >= 15 is 0 Å². The lowest BCUT2D eigenvalue weighted by Gasteiger charge is -2.25. The average molecular weight is 446 g/mol. The maximum absolute atomic E-state index is 12.8. The highest BCUT2D eigenvalue weighted by atomic mass is 16.6. The molecule has 0 radical (unpaired) electrons. The molecule has 8 heteroatoms. The zero-order chi connectivity index (χ0) is 24.2. The van der Waals surface area contributed by atoms with Crippen LogP contribution in [0.15, 0.2) is 30.5 Å². The molecule has 170 valence electrons. The van der Waals surface area contributed by atoms with Gasteiger partial charge in [-0.25, -0.2) is 4.79 Å². The summed E-state index contributed by atoms with van der Waals surface area (Å²) >= 11 is 0. The van der Waals surface area contributed by atoms with Gasteiger partial charge in [0.25, 0.3) is 0 Å². The van der Waals surface area contributed by atoms with Crippen LogP contribution in [-0.4, -0.2) is 22.6 Å². The second-order valence-corrected chi connectivity index (χ2v) is 9.16. The van der Waals surface area contributed by atoms with E-state index in [9.17, 15) is 20.1 Å². The van der Waals surface area contributed by atoms with Crippen molar-refractivity contribution in [2.75, 3.05) is 5.32 Å². The van der Waals surface area contributed by atoms with Crippen molar-refractivity contribution >= 4 is 17.7 Å². The first-order valence-electron chi connectivity index (χ1n) is 10.9. The summed E-state index contributed by atoms with van der Waals surface area (Å²) in [5.41, 5.74) is 2.18. The number of nitrogens with one attached hydrogen (secondary N) is 2. The molecular formula is C25H27N5O3. The lowest BCUT2D eigenvalue weighted by Crippen LogP contribution is -2.35. The van der Waals surface area contributed by atoms with Gasteiger partial charge in [-0.3, -0.25) is 9.78 Å². The number of hydrogen-bond donors (Lipinski definition) is 2. The van der Waals surface area contributed by atoms with Crippen LogP contribution < -0.4 is 10.6 Å². The van der Waals surface area contributed by atoms with E-state index in [4.69, 9.17) is 4.74 Å². The minimum absolute atomic E-state index is 0.170. The fraction of sp³-hybridized carbons (Fsp3) is 0.400. The van der Waals surface area contributed by atoms with Gasteiger partial charge in [0.05, 0.1) is 22.9 Å². The summed E-state index contributed by atoms with van der Waals surface area (Å²) in [6.45, 7) is 7.23. The Morgan fingerprint density at radius 3 is 2.55 bits per heavy atom. The first-order chi connectivity index (χ1) is 15.6. The van der Waals surface area contributed by atoms with Gasteiger partial charge in [-0.05, 0) is 63.4 Å². The van der Waals surface area contributed by atoms with Gasteiger partial charge >= 0.3 is 6.09 Å². The zero-order valence-electron chi connectivity index (χ0n) is 19.2. The molecule has 2 unspecified atom stereocenters. The number of carbonyl (C=O) groups is 2. The Morgan fingerprint density at radius 1 is 1.18 bits per heavy atom. The normalized spacial score (nSPS) is 18.3. The van der Waals surface area contributed by atoms with Crippen LogP contribution in [0, 0.1) is 28.6 Å². The van der Waals surface area contributed by atoms with Crippen LogP contribution in [0.1, 0.15) is 69.8 Å². The van der Waals surface area contributed by atoms with Crippen molar-refractivity contribution in [2.45, 2.75) is 58.6 Å². The summed E-state index contributed by atoms with van der Waals surface area (Å²) in [4.78, 5) is 29.8. The number of anilines is 1. The van der Waals surface area contributed by atoms with Crippen LogP contribution in [0.25, 0.3) is 11.1 Å². The summed E-state index contributed by atoms with van der Waals surface area (Å²) < 4.78 is 5.43. The van der Waals surface area contributed by atoms with Gasteiger partial charge in [-0.1, -0.05) is 13.3 Å². The summed E-state index contributed by atoms with van der Waals surface area (Å²) in [5.74, 6) is -0.455. The molecule has 8 nitrogen and oxygen atoms in total. The van der Waals surface area contributed by atoms with Gasteiger partial charge in [0.2, 0.25) is 5.91 Å². The van der Waals surface area contributed by atoms with Gasteiger partial charge < -0.3 is 15.4 Å². The fourth-order valence-electron chi connectivity index (χ4n) is 3.69. The van der Waals surface area contributed by atoms with Crippen LogP contribution in [0.3, 0.4) is 0 Å². The first-order valence-corrected chi connectivity index (χ1v) is 10.9. The van der Waals surface area contributed by atoms with Gasteiger partial charge in [0.1, 0.15) is 17.7 Å². The molecule has 1 aliphatic rings. The highest BCUT2D eigenvalue weighted by molar-refractivity contribution is 5.97. The van der Waals surface area contributed by atoms with Crippen molar-refractivity contribution in [3.63, 3.8) is 0 Å². The van der Waals surface area contributed by atoms with Gasteiger partial charge in [0.15, 0.2) is 0 Å². The maximum Gasteiger partial charge on any atom is 0.408 e. The molecule has 0 saturated heterocycles. The van der Waals surface area contributed by atoms with Gasteiger partial charge in [0, 0.05) is 23.4 Å². The van der Waals surface area contributed by atoms with Crippen LogP contribution in [0.4, 0.5) is 10.5 Å². The lowest BCUT2D eigenvalue weighted by molar-refractivity contribution is -0.119. The molecular weight excluding hydrogens is 418 g/mol. The molecule has 3 rings (SSSR count). The molecule has 2 heterocycles. The Bertz CT molecular complexity index is 1150. The topological polar surface area (TPSA) is 128 Å². The molecule has 0 spiro atoms. The minimum Gasteiger partial charge on any atom is -0.444 e. The average Bonchev–Trinajstić information content (AvgIpc) is 2.76. The molecule has 1 aromatic carbocycles. The Hall–Kier alpha value is -3.91. The number of benzene rings is 1. The lowest BCUT2D eigenvalue weighted by atomic mass is 9.94. The number of alkyl carbamates (subject to hydrolysis) is 1. The molecule has 0 saturated carbocycles. The number of rotatable bonds is 1. The highest BCUT2D eigenvalue weighted by Gasteiger charge is 2.24. The number of nitriles is 2. The number of ether oxygens (including phenoxy) is 1. The summed E-state index contributed by atoms with van der Waals surface area (Å²) in [6.07, 6.45) is 2.96. The summed E-state index contributed by atoms with van der Waals surface area (Å²) in [7, 11) is 0. The molecule has 2 amide bonds. The predicted molar refractivity (Wildman–Crippen MR) is 123 cm³/mol. The van der Waals surface area contributed by atoms with E-state index in [2.05, 4.69) is 15.6 Å². The third kappa shape index (κ3) is 5.87. The Kier molecular flexibility index (Phi) is 6.98. The van der Waals surface area contributed by atoms with E-state index in [0.717, 1.165) is 0 Å². The third-order valence-corrected chi connectivity index (χ3v) is 5.37. The monoisotopic (exact) mass is 445 g/mol. The fourth-order valence-corrected chi connectivity index (χ4v) is 3.69. The van der Waals surface area contributed by atoms with Crippen molar-refractivity contribution in [1.82, 2.24) is 10.3 Å². The van der Waals surface area contributed by atoms with E-state index < -0.39 is 17.7 Å². The molecule has 33 heavy (non-hydrogen) atoms. The second kappa shape index (κ2) is 9.70. The van der Waals surface area contributed by atoms with Crippen LogP contribution in [0.2, 0.25) is 0 Å². The number of fused-ring (bicyclic) bond motifs is 4. The van der Waals surface area contributed by atoms with E-state index in [1.54, 1.807) is 39.1 Å². The second-order valence-electron chi connectivity index (χ2n) is 9.16. The third-order valence-electron chi connectivity index (χ3n) is 5.37. The maximum atomic E-state index is 12.8. The molecule has 0 aliphatic carbocycles. The van der Waals surface area contributed by atoms with Gasteiger partial charge in [-0.2, -0.15) is 10.5 Å². The molecule has 0 fully saturated rings. The first kappa shape index (κ1) is 23.7. The van der Waals surface area contributed by atoms with E-state index in [-0.39, 0.29) is 23.0 Å². The number of amides is 2. The number of hydrogen-bond acceptors (Lipinski definition) is 6. The van der Waals surface area contributed by atoms with Crippen molar-refractivity contribution in [3.05, 3.63) is 47.3 Å². The smallest absolute Gasteiger partial charge is 0.408 e. The molecule has 1 aromatic heterocycles. The van der Waals surface area contributed by atoms with Crippen molar-refractivity contribution in [1.29, 1.82) is 10.5 Å². The molecule has 2 bridgehead atoms. The van der Waals surface area contributed by atoms with Crippen LogP contribution in [0.5, 0.6) is 0 Å². The van der Waals surface area contributed by atoms with E-state index in [0.29, 0.717) is 41.8 Å².